The van der Waals surface area contributed by atoms with Crippen LogP contribution in [0, 0.1) is 11.8 Å². The zero-order chi connectivity index (χ0) is 29.0. The van der Waals surface area contributed by atoms with E-state index >= 15 is 0 Å². The van der Waals surface area contributed by atoms with Crippen molar-refractivity contribution in [3.8, 4) is 34.1 Å². The molecule has 0 atom stereocenters. The van der Waals surface area contributed by atoms with Gasteiger partial charge in [-0.2, -0.15) is 5.10 Å². The van der Waals surface area contributed by atoms with E-state index in [0.717, 1.165) is 11.1 Å². The largest absolute Gasteiger partial charge is 0.366 e. The lowest BCUT2D eigenvalue weighted by Crippen LogP contribution is -2.21. The number of amides is 2. The first-order valence-electron chi connectivity index (χ1n) is 12.3. The highest BCUT2D eigenvalue weighted by Crippen LogP contribution is 2.35. The Bertz CT molecular complexity index is 1630. The number of nitrogens with one attached hydrogen (secondary N) is 1. The van der Waals surface area contributed by atoms with Gasteiger partial charge in [0.15, 0.2) is 0 Å². The van der Waals surface area contributed by atoms with Crippen LogP contribution >= 0.6 is 0 Å². The van der Waals surface area contributed by atoms with Gasteiger partial charge in [-0.25, -0.2) is 8.78 Å². The van der Waals surface area contributed by atoms with Gasteiger partial charge in [-0.15, -0.1) is 0 Å². The second kappa shape index (κ2) is 11.5. The molecule has 0 aliphatic rings. The minimum atomic E-state index is -2.89. The van der Waals surface area contributed by atoms with Crippen molar-refractivity contribution >= 4 is 17.5 Å². The number of nitrogens with zero attached hydrogens (tertiary/aromatic N) is 2. The maximum Gasteiger partial charge on any atom is 0.282 e. The number of alkyl halides is 2. The van der Waals surface area contributed by atoms with Crippen LogP contribution < -0.4 is 11.1 Å². The Hall–Kier alpha value is -4.81. The zero-order valence-electron chi connectivity index (χ0n) is 22.5. The second-order valence-electron chi connectivity index (χ2n) is 9.54. The molecule has 7 nitrogen and oxygen atoms in total. The highest BCUT2D eigenvalue weighted by Gasteiger charge is 2.26. The molecule has 0 unspecified atom stereocenters. The summed E-state index contributed by atoms with van der Waals surface area (Å²) in [5.41, 5.74) is 7.20. The fourth-order valence-electron chi connectivity index (χ4n) is 4.14. The van der Waals surface area contributed by atoms with Gasteiger partial charge in [0.1, 0.15) is 11.3 Å². The fourth-order valence-corrected chi connectivity index (χ4v) is 4.14. The van der Waals surface area contributed by atoms with E-state index in [4.69, 9.17) is 10.5 Å². The van der Waals surface area contributed by atoms with Crippen LogP contribution in [0.2, 0.25) is 0 Å². The van der Waals surface area contributed by atoms with E-state index in [1.165, 1.54) is 36.1 Å². The summed E-state index contributed by atoms with van der Waals surface area (Å²) in [6.07, 6.45) is -1.51. The average molecular weight is 543 g/mol. The van der Waals surface area contributed by atoms with Gasteiger partial charge in [0.2, 0.25) is 5.91 Å². The van der Waals surface area contributed by atoms with Crippen LogP contribution in [0.4, 0.5) is 14.5 Å². The number of aromatic nitrogens is 2. The molecule has 0 bridgehead atoms. The summed E-state index contributed by atoms with van der Waals surface area (Å²) in [5, 5.41) is 6.69. The van der Waals surface area contributed by atoms with Crippen LogP contribution in [-0.2, 0) is 11.8 Å². The zero-order valence-corrected chi connectivity index (χ0v) is 22.5. The van der Waals surface area contributed by atoms with Crippen LogP contribution in [0.3, 0.4) is 0 Å². The molecule has 4 rings (SSSR count). The summed E-state index contributed by atoms with van der Waals surface area (Å²) in [5.74, 6) is 4.61. The topological polar surface area (TPSA) is 99.2 Å². The minimum Gasteiger partial charge on any atom is -0.366 e. The molecule has 1 aromatic heterocycles. The molecule has 0 spiro atoms. The number of hydrogen-bond donors (Lipinski definition) is 2. The number of carbonyl (C=O) groups is 2. The van der Waals surface area contributed by atoms with Gasteiger partial charge in [0.25, 0.3) is 12.3 Å². The maximum atomic E-state index is 13.8. The molecule has 9 heteroatoms. The van der Waals surface area contributed by atoms with Crippen LogP contribution in [0.15, 0.2) is 72.9 Å². The standard InChI is InChI=1S/C31H28F2N4O3/c1-31(2,40-4)17-16-19-12-14-20(15-13-19)21-8-5-6-11-25(21)35-30(39)26-22(9-7-10-23(26)29(34)38)24-18-37(3)36-27(24)28(32)33/h5-15,18,28H,1-4H3,(H2,34,38)(H,35,39). The Labute approximate surface area is 231 Å². The number of nitrogens with two attached hydrogens (primary N) is 1. The van der Waals surface area contributed by atoms with Crippen molar-refractivity contribution in [3.05, 3.63) is 95.3 Å². The lowest BCUT2D eigenvalue weighted by Gasteiger charge is -2.16. The van der Waals surface area contributed by atoms with Crippen LogP contribution in [0.1, 0.15) is 52.2 Å². The van der Waals surface area contributed by atoms with Gasteiger partial charge < -0.3 is 15.8 Å². The number of aryl methyl sites for hydroxylation is 1. The summed E-state index contributed by atoms with van der Waals surface area (Å²) >= 11 is 0. The Balaban J connectivity index is 1.73. The van der Waals surface area contributed by atoms with Gasteiger partial charge in [0, 0.05) is 42.7 Å². The van der Waals surface area contributed by atoms with E-state index in [2.05, 4.69) is 22.3 Å². The summed E-state index contributed by atoms with van der Waals surface area (Å²) in [6, 6.07) is 19.0. The Kier molecular flexibility index (Phi) is 8.12. The highest BCUT2D eigenvalue weighted by atomic mass is 19.3. The summed E-state index contributed by atoms with van der Waals surface area (Å²) < 4.78 is 34.1. The maximum absolute atomic E-state index is 13.8. The van der Waals surface area contributed by atoms with Gasteiger partial charge in [-0.3, -0.25) is 14.3 Å². The summed E-state index contributed by atoms with van der Waals surface area (Å²) in [4.78, 5) is 26.0. The quantitative estimate of drug-likeness (QED) is 0.288. The Morgan fingerprint density at radius 2 is 1.68 bits per heavy atom. The van der Waals surface area contributed by atoms with E-state index < -0.39 is 29.5 Å². The first-order chi connectivity index (χ1) is 19.0. The molecular formula is C31H28F2N4O3. The number of hydrogen-bond acceptors (Lipinski definition) is 4. The number of carbonyl (C=O) groups excluding carboxylic acids is 2. The van der Waals surface area contributed by atoms with Gasteiger partial charge >= 0.3 is 0 Å². The van der Waals surface area contributed by atoms with Gasteiger partial charge in [-0.05, 0) is 49.2 Å². The Morgan fingerprint density at radius 1 is 1.00 bits per heavy atom. The predicted molar refractivity (Wildman–Crippen MR) is 150 cm³/mol. The van der Waals surface area contributed by atoms with E-state index in [9.17, 15) is 18.4 Å². The molecular weight excluding hydrogens is 514 g/mol. The number of para-hydroxylation sites is 1. The van der Waals surface area contributed by atoms with Crippen molar-refractivity contribution in [1.29, 1.82) is 0 Å². The van der Waals surface area contributed by atoms with Crippen LogP contribution in [-0.4, -0.2) is 34.3 Å². The van der Waals surface area contributed by atoms with Crippen LogP contribution in [0.25, 0.3) is 22.3 Å². The van der Waals surface area contributed by atoms with Crippen molar-refractivity contribution in [2.24, 2.45) is 12.8 Å². The number of anilines is 1. The molecule has 0 aliphatic heterocycles. The molecule has 0 aliphatic carbocycles. The molecule has 0 saturated heterocycles. The smallest absolute Gasteiger partial charge is 0.282 e. The number of methoxy groups -OCH3 is 1. The molecule has 0 fully saturated rings. The molecule has 2 amide bonds. The SMILES string of the molecule is COC(C)(C)C#Cc1ccc(-c2ccccc2NC(=O)c2c(C(N)=O)cccc2-c2cn(C)nc2C(F)F)cc1. The van der Waals surface area contributed by atoms with E-state index in [1.54, 1.807) is 19.2 Å². The molecule has 0 saturated carbocycles. The third-order valence-electron chi connectivity index (χ3n) is 6.30. The normalized spacial score (nSPS) is 11.2. The Morgan fingerprint density at radius 3 is 2.33 bits per heavy atom. The number of primary amides is 1. The molecule has 0 radical (unpaired) electrons. The molecule has 40 heavy (non-hydrogen) atoms. The number of halogens is 2. The van der Waals surface area contributed by atoms with E-state index in [0.29, 0.717) is 11.3 Å². The minimum absolute atomic E-state index is 0.0346. The van der Waals surface area contributed by atoms with Crippen molar-refractivity contribution in [1.82, 2.24) is 9.78 Å². The molecule has 1 heterocycles. The fraction of sp³-hybridized carbons (Fsp3) is 0.194. The monoisotopic (exact) mass is 542 g/mol. The van der Waals surface area contributed by atoms with Gasteiger partial charge in [-0.1, -0.05) is 54.3 Å². The first kappa shape index (κ1) is 28.2. The lowest BCUT2D eigenvalue weighted by molar-refractivity contribution is 0.0741. The van der Waals surface area contributed by atoms with Crippen molar-refractivity contribution in [2.45, 2.75) is 25.9 Å². The molecule has 3 aromatic carbocycles. The van der Waals surface area contributed by atoms with Crippen molar-refractivity contribution in [2.75, 3.05) is 12.4 Å². The molecule has 4 aromatic rings. The van der Waals surface area contributed by atoms with Crippen molar-refractivity contribution < 1.29 is 23.1 Å². The van der Waals surface area contributed by atoms with Crippen LogP contribution in [0.5, 0.6) is 0 Å². The second-order valence-corrected chi connectivity index (χ2v) is 9.54. The highest BCUT2D eigenvalue weighted by molar-refractivity contribution is 6.16. The van der Waals surface area contributed by atoms with Crippen molar-refractivity contribution in [3.63, 3.8) is 0 Å². The predicted octanol–water partition coefficient (Wildman–Crippen LogP) is 5.82. The van der Waals surface area contributed by atoms with Gasteiger partial charge in [0.05, 0.1) is 11.1 Å². The first-order valence-corrected chi connectivity index (χ1v) is 12.3. The summed E-state index contributed by atoms with van der Waals surface area (Å²) in [6.45, 7) is 3.75. The molecule has 204 valence electrons. The number of ether oxygens (including phenoxy) is 1. The average Bonchev–Trinajstić information content (AvgIpc) is 3.34. The number of benzene rings is 3. The van der Waals surface area contributed by atoms with E-state index in [1.807, 2.05) is 50.2 Å². The summed E-state index contributed by atoms with van der Waals surface area (Å²) in [7, 11) is 3.10. The third kappa shape index (κ3) is 6.08. The lowest BCUT2D eigenvalue weighted by atomic mass is 9.94. The van der Waals surface area contributed by atoms with E-state index in [-0.39, 0.29) is 22.3 Å². The molecule has 3 N–H and O–H groups in total. The number of rotatable bonds is 7. The third-order valence-corrected chi connectivity index (χ3v) is 6.30.